The smallest absolute Gasteiger partial charge is 0.341 e. The van der Waals surface area contributed by atoms with Crippen LogP contribution in [0.1, 0.15) is 52.9 Å². The van der Waals surface area contributed by atoms with Crippen LogP contribution in [0.15, 0.2) is 0 Å². The molecule has 1 aromatic rings. The first-order valence-corrected chi connectivity index (χ1v) is 8.84. The lowest BCUT2D eigenvalue weighted by atomic mass is 10.1. The Morgan fingerprint density at radius 2 is 1.96 bits per heavy atom. The zero-order valence-electron chi connectivity index (χ0n) is 13.6. The number of rotatable bonds is 6. The van der Waals surface area contributed by atoms with Crippen molar-refractivity contribution in [2.24, 2.45) is 0 Å². The molecule has 2 amide bonds. The van der Waals surface area contributed by atoms with Crippen LogP contribution in [0.5, 0.6) is 0 Å². The molecule has 1 heterocycles. The van der Waals surface area contributed by atoms with Gasteiger partial charge in [-0.15, -0.1) is 11.3 Å². The Balaban J connectivity index is 2.07. The van der Waals surface area contributed by atoms with E-state index < -0.39 is 18.0 Å². The number of urea groups is 1. The quantitative estimate of drug-likeness (QED) is 0.414. The van der Waals surface area contributed by atoms with E-state index in [4.69, 9.17) is 9.84 Å². The number of hydrogen-bond donors (Lipinski definition) is 3. The van der Waals surface area contributed by atoms with E-state index >= 15 is 0 Å². The summed E-state index contributed by atoms with van der Waals surface area (Å²) in [5.41, 5.74) is 1.45. The van der Waals surface area contributed by atoms with Gasteiger partial charge in [0.2, 0.25) is 0 Å². The summed E-state index contributed by atoms with van der Waals surface area (Å²) in [6.07, 6.45) is 5.32. The summed E-state index contributed by atoms with van der Waals surface area (Å²) in [5.74, 6) is -1.33. The number of methoxy groups -OCH3 is 1. The fraction of sp³-hybridized carbons (Fsp3) is 0.562. The molecule has 1 aromatic heterocycles. The van der Waals surface area contributed by atoms with Gasteiger partial charge in [0.1, 0.15) is 5.00 Å². The molecular weight excluding hydrogens is 332 g/mol. The molecule has 0 aliphatic heterocycles. The number of nitrogens with one attached hydrogen (secondary N) is 2. The number of esters is 1. The van der Waals surface area contributed by atoms with Gasteiger partial charge >= 0.3 is 18.0 Å². The van der Waals surface area contributed by atoms with E-state index in [9.17, 15) is 14.4 Å². The number of aliphatic carboxylic acids is 1. The van der Waals surface area contributed by atoms with E-state index in [0.717, 1.165) is 42.5 Å². The molecule has 1 aliphatic rings. The maximum Gasteiger partial charge on any atom is 0.341 e. The van der Waals surface area contributed by atoms with Crippen molar-refractivity contribution in [3.05, 3.63) is 16.0 Å². The number of aryl methyl sites for hydroxylation is 1. The van der Waals surface area contributed by atoms with Gasteiger partial charge in [0.25, 0.3) is 0 Å². The highest BCUT2D eigenvalue weighted by Crippen LogP contribution is 2.37. The summed E-state index contributed by atoms with van der Waals surface area (Å²) in [6.45, 7) is 0.261. The Morgan fingerprint density at radius 1 is 1.21 bits per heavy atom. The summed E-state index contributed by atoms with van der Waals surface area (Å²) in [4.78, 5) is 35.7. The van der Waals surface area contributed by atoms with Crippen molar-refractivity contribution in [3.63, 3.8) is 0 Å². The number of amides is 2. The van der Waals surface area contributed by atoms with Gasteiger partial charge in [-0.25, -0.2) is 9.59 Å². The van der Waals surface area contributed by atoms with Crippen molar-refractivity contribution in [1.29, 1.82) is 0 Å². The zero-order chi connectivity index (χ0) is 17.5. The summed E-state index contributed by atoms with van der Waals surface area (Å²) in [7, 11) is 1.33. The van der Waals surface area contributed by atoms with Gasteiger partial charge < -0.3 is 15.2 Å². The molecule has 0 saturated heterocycles. The van der Waals surface area contributed by atoms with E-state index in [0.29, 0.717) is 17.0 Å². The van der Waals surface area contributed by atoms with Crippen LogP contribution >= 0.6 is 11.3 Å². The number of thiophene rings is 1. The van der Waals surface area contributed by atoms with Crippen LogP contribution in [0.4, 0.5) is 9.80 Å². The molecule has 0 aromatic carbocycles. The SMILES string of the molecule is COC(=O)c1c(NC(=O)NCCCC(=O)O)sc2c1CCCCC2. The van der Waals surface area contributed by atoms with Crippen LogP contribution in [0.25, 0.3) is 0 Å². The molecule has 132 valence electrons. The molecule has 0 unspecified atom stereocenters. The van der Waals surface area contributed by atoms with E-state index in [1.807, 2.05) is 0 Å². The maximum atomic E-state index is 12.1. The molecule has 24 heavy (non-hydrogen) atoms. The molecule has 8 heteroatoms. The highest BCUT2D eigenvalue weighted by molar-refractivity contribution is 7.17. The van der Waals surface area contributed by atoms with Gasteiger partial charge in [0.15, 0.2) is 0 Å². The number of carboxylic acids is 1. The van der Waals surface area contributed by atoms with Gasteiger partial charge in [0, 0.05) is 17.8 Å². The Bertz CT molecular complexity index is 626. The molecule has 0 spiro atoms. The van der Waals surface area contributed by atoms with E-state index in [1.54, 1.807) is 0 Å². The minimum Gasteiger partial charge on any atom is -0.481 e. The molecule has 0 atom stereocenters. The third-order valence-electron chi connectivity index (χ3n) is 3.89. The number of hydrogen-bond acceptors (Lipinski definition) is 5. The van der Waals surface area contributed by atoms with E-state index in [-0.39, 0.29) is 13.0 Å². The Labute approximate surface area is 144 Å². The van der Waals surface area contributed by atoms with Crippen molar-refractivity contribution in [2.75, 3.05) is 19.0 Å². The largest absolute Gasteiger partial charge is 0.481 e. The molecule has 3 N–H and O–H groups in total. The first-order valence-electron chi connectivity index (χ1n) is 8.02. The summed E-state index contributed by atoms with van der Waals surface area (Å²) in [5, 5.41) is 14.4. The molecule has 0 fully saturated rings. The van der Waals surface area contributed by atoms with Crippen molar-refractivity contribution >= 4 is 34.3 Å². The molecule has 0 saturated carbocycles. The van der Waals surface area contributed by atoms with Gasteiger partial charge in [-0.2, -0.15) is 0 Å². The highest BCUT2D eigenvalue weighted by Gasteiger charge is 2.26. The fourth-order valence-corrected chi connectivity index (χ4v) is 4.01. The topological polar surface area (TPSA) is 105 Å². The van der Waals surface area contributed by atoms with Gasteiger partial charge in [0.05, 0.1) is 12.7 Å². The number of fused-ring (bicyclic) bond motifs is 1. The standard InChI is InChI=1S/C16H22N2O5S/c1-23-15(21)13-10-6-3-2-4-7-11(10)24-14(13)18-16(22)17-9-5-8-12(19)20/h2-9H2,1H3,(H,19,20)(H2,17,18,22). The molecule has 7 nitrogen and oxygen atoms in total. The van der Waals surface area contributed by atoms with Crippen molar-refractivity contribution in [3.8, 4) is 0 Å². The van der Waals surface area contributed by atoms with Gasteiger partial charge in [-0.05, 0) is 37.7 Å². The lowest BCUT2D eigenvalue weighted by Gasteiger charge is -2.08. The molecular formula is C16H22N2O5S. The molecule has 0 radical (unpaired) electrons. The minimum absolute atomic E-state index is 0.000981. The maximum absolute atomic E-state index is 12.1. The molecule has 1 aliphatic carbocycles. The second kappa shape index (κ2) is 8.68. The Morgan fingerprint density at radius 3 is 2.67 bits per heavy atom. The molecule has 0 bridgehead atoms. The first-order chi connectivity index (χ1) is 11.5. The van der Waals surface area contributed by atoms with Crippen LogP contribution in [-0.2, 0) is 22.4 Å². The lowest BCUT2D eigenvalue weighted by Crippen LogP contribution is -2.30. The first kappa shape index (κ1) is 18.3. The molecule has 2 rings (SSSR count). The number of ether oxygens (including phenoxy) is 1. The Kier molecular flexibility index (Phi) is 6.60. The highest BCUT2D eigenvalue weighted by atomic mass is 32.1. The van der Waals surface area contributed by atoms with E-state index in [1.165, 1.54) is 18.4 Å². The second-order valence-electron chi connectivity index (χ2n) is 5.64. The number of carbonyl (C=O) groups is 3. The summed E-state index contributed by atoms with van der Waals surface area (Å²) >= 11 is 1.42. The number of carbonyl (C=O) groups excluding carboxylic acids is 2. The number of carboxylic acid groups (broad SMARTS) is 1. The predicted octanol–water partition coefficient (Wildman–Crippen LogP) is 2.79. The normalized spacial score (nSPS) is 13.5. The minimum atomic E-state index is -0.896. The van der Waals surface area contributed by atoms with Crippen LogP contribution in [0.3, 0.4) is 0 Å². The lowest BCUT2D eigenvalue weighted by molar-refractivity contribution is -0.137. The average Bonchev–Trinajstić information content (AvgIpc) is 2.72. The average molecular weight is 354 g/mol. The van der Waals surface area contributed by atoms with Crippen LogP contribution in [-0.4, -0.2) is 36.7 Å². The van der Waals surface area contributed by atoms with Crippen LogP contribution in [0.2, 0.25) is 0 Å². The van der Waals surface area contributed by atoms with E-state index in [2.05, 4.69) is 10.6 Å². The fourth-order valence-electron chi connectivity index (χ4n) is 2.74. The summed E-state index contributed by atoms with van der Waals surface area (Å²) < 4.78 is 4.88. The van der Waals surface area contributed by atoms with Crippen LogP contribution < -0.4 is 10.6 Å². The van der Waals surface area contributed by atoms with Crippen molar-refractivity contribution in [1.82, 2.24) is 5.32 Å². The Hall–Kier alpha value is -2.09. The number of anilines is 1. The monoisotopic (exact) mass is 354 g/mol. The van der Waals surface area contributed by atoms with Crippen molar-refractivity contribution < 1.29 is 24.2 Å². The summed E-state index contributed by atoms with van der Waals surface area (Å²) in [6, 6.07) is -0.443. The van der Waals surface area contributed by atoms with Crippen LogP contribution in [0, 0.1) is 0 Å². The van der Waals surface area contributed by atoms with Gasteiger partial charge in [-0.1, -0.05) is 6.42 Å². The van der Waals surface area contributed by atoms with Gasteiger partial charge in [-0.3, -0.25) is 10.1 Å². The second-order valence-corrected chi connectivity index (χ2v) is 6.74. The van der Waals surface area contributed by atoms with Crippen molar-refractivity contribution in [2.45, 2.75) is 44.9 Å². The zero-order valence-corrected chi connectivity index (χ0v) is 14.5. The third-order valence-corrected chi connectivity index (χ3v) is 5.10. The third kappa shape index (κ3) is 4.70. The predicted molar refractivity (Wildman–Crippen MR) is 90.8 cm³/mol.